The van der Waals surface area contributed by atoms with Gasteiger partial charge in [0, 0.05) is 22.6 Å². The molecule has 1 atom stereocenters. The van der Waals surface area contributed by atoms with E-state index in [4.69, 9.17) is 5.11 Å². The number of hydrogen-bond donors (Lipinski definition) is 1. The van der Waals surface area contributed by atoms with E-state index in [1.807, 2.05) is 18.7 Å². The summed E-state index contributed by atoms with van der Waals surface area (Å²) >= 11 is 3.31. The summed E-state index contributed by atoms with van der Waals surface area (Å²) in [4.78, 5) is 12.6. The Bertz CT molecular complexity index is 425. The summed E-state index contributed by atoms with van der Waals surface area (Å²) < 4.78 is 14.4. The van der Waals surface area contributed by atoms with Crippen LogP contribution in [0.1, 0.15) is 25.8 Å². The summed E-state index contributed by atoms with van der Waals surface area (Å²) in [7, 11) is 0. The highest BCUT2D eigenvalue weighted by atomic mass is 79.9. The van der Waals surface area contributed by atoms with Crippen molar-refractivity contribution in [3.05, 3.63) is 34.1 Å². The minimum Gasteiger partial charge on any atom is -0.481 e. The second kappa shape index (κ2) is 6.85. The van der Waals surface area contributed by atoms with Gasteiger partial charge in [-0.05, 0) is 31.7 Å². The summed E-state index contributed by atoms with van der Waals surface area (Å²) in [5.41, 5.74) is 0.573. The van der Waals surface area contributed by atoms with Crippen LogP contribution in [-0.4, -0.2) is 28.6 Å². The summed E-state index contributed by atoms with van der Waals surface area (Å²) in [5, 5.41) is 8.78. The van der Waals surface area contributed by atoms with Gasteiger partial charge in [0.15, 0.2) is 0 Å². The van der Waals surface area contributed by atoms with Crippen molar-refractivity contribution in [3.8, 4) is 0 Å². The number of rotatable bonds is 6. The molecule has 5 heteroatoms. The van der Waals surface area contributed by atoms with Crippen molar-refractivity contribution in [3.63, 3.8) is 0 Å². The predicted octanol–water partition coefficient (Wildman–Crippen LogP) is 3.27. The standard InChI is InChI=1S/C13H17BrFNO2/c1-3-16(9(2)6-13(17)18)8-10-7-11(14)4-5-12(10)15/h4-5,7,9H,3,6,8H2,1-2H3,(H,17,18). The Morgan fingerprint density at radius 2 is 2.22 bits per heavy atom. The zero-order valence-electron chi connectivity index (χ0n) is 10.5. The molecular weight excluding hydrogens is 301 g/mol. The molecule has 0 aromatic heterocycles. The lowest BCUT2D eigenvalue weighted by atomic mass is 10.1. The average Bonchev–Trinajstić information content (AvgIpc) is 2.29. The summed E-state index contributed by atoms with van der Waals surface area (Å²) in [5.74, 6) is -1.10. The van der Waals surface area contributed by atoms with Crippen LogP contribution in [0.3, 0.4) is 0 Å². The van der Waals surface area contributed by atoms with Gasteiger partial charge in [0.2, 0.25) is 0 Å². The van der Waals surface area contributed by atoms with Crippen LogP contribution < -0.4 is 0 Å². The normalized spacial score (nSPS) is 12.7. The topological polar surface area (TPSA) is 40.5 Å². The Morgan fingerprint density at radius 1 is 1.56 bits per heavy atom. The maximum absolute atomic E-state index is 13.6. The molecule has 0 aliphatic carbocycles. The van der Waals surface area contributed by atoms with Crippen LogP contribution in [-0.2, 0) is 11.3 Å². The first kappa shape index (κ1) is 15.1. The highest BCUT2D eigenvalue weighted by Gasteiger charge is 2.17. The number of halogens is 2. The van der Waals surface area contributed by atoms with Gasteiger partial charge in [-0.15, -0.1) is 0 Å². The van der Waals surface area contributed by atoms with E-state index in [0.717, 1.165) is 4.47 Å². The van der Waals surface area contributed by atoms with Gasteiger partial charge in [0.25, 0.3) is 0 Å². The first-order valence-electron chi connectivity index (χ1n) is 5.83. The minimum atomic E-state index is -0.837. The Labute approximate surface area is 115 Å². The summed E-state index contributed by atoms with van der Waals surface area (Å²) in [6, 6.07) is 4.67. The lowest BCUT2D eigenvalue weighted by Gasteiger charge is -2.27. The lowest BCUT2D eigenvalue weighted by Crippen LogP contribution is -2.34. The van der Waals surface area contributed by atoms with Crippen LogP contribution in [0.5, 0.6) is 0 Å². The first-order chi connectivity index (χ1) is 8.43. The molecule has 1 aromatic rings. The monoisotopic (exact) mass is 317 g/mol. The molecule has 1 unspecified atom stereocenters. The van der Waals surface area contributed by atoms with E-state index in [0.29, 0.717) is 18.7 Å². The van der Waals surface area contributed by atoms with Crippen molar-refractivity contribution in [1.29, 1.82) is 0 Å². The fourth-order valence-corrected chi connectivity index (χ4v) is 2.25. The van der Waals surface area contributed by atoms with Crippen molar-refractivity contribution in [1.82, 2.24) is 4.90 Å². The van der Waals surface area contributed by atoms with Gasteiger partial charge in [-0.25, -0.2) is 4.39 Å². The van der Waals surface area contributed by atoms with Gasteiger partial charge in [0.05, 0.1) is 6.42 Å². The second-order valence-electron chi connectivity index (χ2n) is 4.25. The molecule has 0 heterocycles. The smallest absolute Gasteiger partial charge is 0.304 e. The van der Waals surface area contributed by atoms with Crippen LogP contribution in [0.25, 0.3) is 0 Å². The molecule has 0 aliphatic heterocycles. The SMILES string of the molecule is CCN(Cc1cc(Br)ccc1F)C(C)CC(=O)O. The Kier molecular flexibility index (Phi) is 5.75. The maximum Gasteiger partial charge on any atom is 0.304 e. The minimum absolute atomic E-state index is 0.0590. The van der Waals surface area contributed by atoms with Crippen molar-refractivity contribution in [2.24, 2.45) is 0 Å². The molecular formula is C13H17BrFNO2. The van der Waals surface area contributed by atoms with E-state index in [1.165, 1.54) is 6.07 Å². The third-order valence-electron chi connectivity index (χ3n) is 2.88. The van der Waals surface area contributed by atoms with E-state index in [9.17, 15) is 9.18 Å². The Hall–Kier alpha value is -0.940. The molecule has 100 valence electrons. The molecule has 0 spiro atoms. The molecule has 18 heavy (non-hydrogen) atoms. The van der Waals surface area contributed by atoms with E-state index in [1.54, 1.807) is 12.1 Å². The molecule has 0 amide bonds. The molecule has 0 fully saturated rings. The lowest BCUT2D eigenvalue weighted by molar-refractivity contribution is -0.138. The zero-order valence-corrected chi connectivity index (χ0v) is 12.1. The highest BCUT2D eigenvalue weighted by molar-refractivity contribution is 9.10. The van der Waals surface area contributed by atoms with E-state index < -0.39 is 5.97 Å². The molecule has 0 radical (unpaired) electrons. The second-order valence-corrected chi connectivity index (χ2v) is 5.16. The van der Waals surface area contributed by atoms with Gasteiger partial charge in [-0.1, -0.05) is 22.9 Å². The van der Waals surface area contributed by atoms with Crippen molar-refractivity contribution in [2.75, 3.05) is 6.54 Å². The van der Waals surface area contributed by atoms with Crippen LogP contribution >= 0.6 is 15.9 Å². The summed E-state index contributed by atoms with van der Waals surface area (Å²) in [6.45, 7) is 4.87. The van der Waals surface area contributed by atoms with Gasteiger partial charge >= 0.3 is 5.97 Å². The van der Waals surface area contributed by atoms with Crippen molar-refractivity contribution < 1.29 is 14.3 Å². The van der Waals surface area contributed by atoms with Gasteiger partial charge in [-0.2, -0.15) is 0 Å². The number of aliphatic carboxylic acids is 1. The molecule has 3 nitrogen and oxygen atoms in total. The van der Waals surface area contributed by atoms with Crippen LogP contribution in [0.2, 0.25) is 0 Å². The van der Waals surface area contributed by atoms with Crippen LogP contribution in [0, 0.1) is 5.82 Å². The number of benzene rings is 1. The molecule has 0 bridgehead atoms. The molecule has 1 aromatic carbocycles. The average molecular weight is 318 g/mol. The maximum atomic E-state index is 13.6. The molecule has 0 aliphatic rings. The van der Waals surface area contributed by atoms with Gasteiger partial charge in [0.1, 0.15) is 5.82 Å². The molecule has 0 saturated carbocycles. The van der Waals surface area contributed by atoms with Crippen LogP contribution in [0.4, 0.5) is 4.39 Å². The number of hydrogen-bond acceptors (Lipinski definition) is 2. The Balaban J connectivity index is 2.79. The zero-order chi connectivity index (χ0) is 13.7. The molecule has 0 saturated heterocycles. The van der Waals surface area contributed by atoms with Crippen molar-refractivity contribution in [2.45, 2.75) is 32.9 Å². The van der Waals surface area contributed by atoms with Gasteiger partial charge < -0.3 is 5.11 Å². The fraction of sp³-hybridized carbons (Fsp3) is 0.462. The van der Waals surface area contributed by atoms with Crippen LogP contribution in [0.15, 0.2) is 22.7 Å². The molecule has 1 rings (SSSR count). The van der Waals surface area contributed by atoms with Crippen molar-refractivity contribution >= 4 is 21.9 Å². The van der Waals surface area contributed by atoms with E-state index in [-0.39, 0.29) is 18.3 Å². The number of carboxylic acids is 1. The molecule has 1 N–H and O–H groups in total. The largest absolute Gasteiger partial charge is 0.481 e. The quantitative estimate of drug-likeness (QED) is 0.875. The first-order valence-corrected chi connectivity index (χ1v) is 6.63. The predicted molar refractivity (Wildman–Crippen MR) is 71.9 cm³/mol. The number of nitrogens with zero attached hydrogens (tertiary/aromatic N) is 1. The number of carboxylic acid groups (broad SMARTS) is 1. The third-order valence-corrected chi connectivity index (χ3v) is 3.37. The van der Waals surface area contributed by atoms with Gasteiger partial charge in [-0.3, -0.25) is 9.69 Å². The van der Waals surface area contributed by atoms with E-state index in [2.05, 4.69) is 15.9 Å². The third kappa shape index (κ3) is 4.38. The Morgan fingerprint density at radius 3 is 2.78 bits per heavy atom. The summed E-state index contributed by atoms with van der Waals surface area (Å²) in [6.07, 6.45) is 0.0590. The van der Waals surface area contributed by atoms with E-state index >= 15 is 0 Å². The fourth-order valence-electron chi connectivity index (χ4n) is 1.84. The number of carbonyl (C=O) groups is 1. The highest BCUT2D eigenvalue weighted by Crippen LogP contribution is 2.18.